The summed E-state index contributed by atoms with van der Waals surface area (Å²) in [5, 5.41) is 9.48. The molecule has 108 valence electrons. The fourth-order valence-corrected chi connectivity index (χ4v) is 4.68. The summed E-state index contributed by atoms with van der Waals surface area (Å²) in [7, 11) is 0. The molecule has 2 unspecified atom stereocenters. The van der Waals surface area contributed by atoms with Gasteiger partial charge in [-0.3, -0.25) is 9.69 Å². The number of likely N-dealkylation sites (tertiary alicyclic amines) is 1. The Morgan fingerprint density at radius 2 is 1.58 bits per heavy atom. The largest absolute Gasteiger partial charge is 0.481 e. The number of rotatable bonds is 2. The van der Waals surface area contributed by atoms with E-state index in [1.165, 1.54) is 58.0 Å². The van der Waals surface area contributed by atoms with Crippen molar-refractivity contribution in [3.05, 3.63) is 0 Å². The molecule has 1 aliphatic heterocycles. The van der Waals surface area contributed by atoms with Crippen LogP contribution in [0.3, 0.4) is 0 Å². The number of carbonyl (C=O) groups is 1. The van der Waals surface area contributed by atoms with Gasteiger partial charge in [-0.2, -0.15) is 0 Å². The molecule has 2 aliphatic carbocycles. The van der Waals surface area contributed by atoms with E-state index in [1.807, 2.05) is 0 Å². The predicted molar refractivity (Wildman–Crippen MR) is 75.1 cm³/mol. The van der Waals surface area contributed by atoms with Crippen molar-refractivity contribution >= 4 is 5.97 Å². The second-order valence-corrected chi connectivity index (χ2v) is 7.12. The Bertz CT molecular complexity index is 328. The molecule has 1 saturated heterocycles. The van der Waals surface area contributed by atoms with Crippen molar-refractivity contribution in [1.82, 2.24) is 4.90 Å². The third-order valence-corrected chi connectivity index (χ3v) is 5.76. The minimum absolute atomic E-state index is 0.108. The van der Waals surface area contributed by atoms with Crippen LogP contribution >= 0.6 is 0 Å². The first kappa shape index (κ1) is 13.4. The minimum atomic E-state index is -0.559. The lowest BCUT2D eigenvalue weighted by molar-refractivity contribution is -0.148. The van der Waals surface area contributed by atoms with Gasteiger partial charge in [0.05, 0.1) is 5.92 Å². The molecule has 2 atom stereocenters. The van der Waals surface area contributed by atoms with Gasteiger partial charge in [0, 0.05) is 19.1 Å². The van der Waals surface area contributed by atoms with Crippen molar-refractivity contribution in [3.63, 3.8) is 0 Å². The maximum atomic E-state index is 11.5. The van der Waals surface area contributed by atoms with Crippen molar-refractivity contribution in [3.8, 4) is 0 Å². The van der Waals surface area contributed by atoms with Gasteiger partial charge in [-0.05, 0) is 31.1 Å². The van der Waals surface area contributed by atoms with Crippen LogP contribution < -0.4 is 0 Å². The Balaban J connectivity index is 1.62. The van der Waals surface area contributed by atoms with Crippen molar-refractivity contribution in [2.45, 2.75) is 70.3 Å². The molecule has 1 spiro atoms. The Kier molecular flexibility index (Phi) is 3.84. The molecule has 1 N–H and O–H groups in total. The monoisotopic (exact) mass is 265 g/mol. The van der Waals surface area contributed by atoms with Gasteiger partial charge in [0.15, 0.2) is 0 Å². The maximum Gasteiger partial charge on any atom is 0.308 e. The van der Waals surface area contributed by atoms with Gasteiger partial charge in [-0.1, -0.05) is 38.5 Å². The van der Waals surface area contributed by atoms with E-state index < -0.39 is 5.97 Å². The Labute approximate surface area is 116 Å². The topological polar surface area (TPSA) is 40.5 Å². The van der Waals surface area contributed by atoms with E-state index >= 15 is 0 Å². The van der Waals surface area contributed by atoms with Crippen molar-refractivity contribution in [2.75, 3.05) is 13.1 Å². The summed E-state index contributed by atoms with van der Waals surface area (Å²) in [6.45, 7) is 2.36. The van der Waals surface area contributed by atoms with Crippen molar-refractivity contribution in [2.24, 2.45) is 11.3 Å². The van der Waals surface area contributed by atoms with Crippen LogP contribution in [-0.2, 0) is 4.79 Å². The normalized spacial score (nSPS) is 35.6. The SMILES string of the molecule is O=C(O)C1CCCCCC1N1CC2(CCCCC2)C1. The van der Waals surface area contributed by atoms with Gasteiger partial charge in [0.2, 0.25) is 0 Å². The number of carboxylic acids is 1. The summed E-state index contributed by atoms with van der Waals surface area (Å²) in [5.74, 6) is -0.667. The zero-order chi connectivity index (χ0) is 13.3. The van der Waals surface area contributed by atoms with E-state index in [9.17, 15) is 9.90 Å². The summed E-state index contributed by atoms with van der Waals surface area (Å²) in [6.07, 6.45) is 12.5. The molecule has 2 saturated carbocycles. The third-order valence-electron chi connectivity index (χ3n) is 5.76. The fourth-order valence-electron chi connectivity index (χ4n) is 4.68. The van der Waals surface area contributed by atoms with Gasteiger partial charge in [0.1, 0.15) is 0 Å². The molecule has 0 aromatic heterocycles. The Morgan fingerprint density at radius 3 is 2.26 bits per heavy atom. The van der Waals surface area contributed by atoms with Crippen LogP contribution in [0, 0.1) is 11.3 Å². The molecule has 3 aliphatic rings. The first-order valence-electron chi connectivity index (χ1n) is 8.17. The highest BCUT2D eigenvalue weighted by molar-refractivity contribution is 5.71. The average Bonchev–Trinajstić information content (AvgIpc) is 2.62. The summed E-state index contributed by atoms with van der Waals surface area (Å²) >= 11 is 0. The Morgan fingerprint density at radius 1 is 0.947 bits per heavy atom. The molecule has 0 amide bonds. The van der Waals surface area contributed by atoms with Crippen LogP contribution in [0.2, 0.25) is 0 Å². The molecule has 0 radical (unpaired) electrons. The molecule has 3 heteroatoms. The van der Waals surface area contributed by atoms with Crippen LogP contribution in [0.5, 0.6) is 0 Å². The molecule has 3 fully saturated rings. The van der Waals surface area contributed by atoms with Crippen LogP contribution in [-0.4, -0.2) is 35.1 Å². The van der Waals surface area contributed by atoms with Crippen LogP contribution in [0.15, 0.2) is 0 Å². The van der Waals surface area contributed by atoms with Gasteiger partial charge in [-0.25, -0.2) is 0 Å². The molecule has 19 heavy (non-hydrogen) atoms. The molecule has 1 heterocycles. The summed E-state index contributed by atoms with van der Waals surface area (Å²) in [5.41, 5.74) is 0.577. The van der Waals surface area contributed by atoms with Crippen molar-refractivity contribution in [1.29, 1.82) is 0 Å². The van der Waals surface area contributed by atoms with Gasteiger partial charge in [0.25, 0.3) is 0 Å². The fraction of sp³-hybridized carbons (Fsp3) is 0.938. The third kappa shape index (κ3) is 2.67. The summed E-state index contributed by atoms with van der Waals surface area (Å²) in [4.78, 5) is 14.0. The second-order valence-electron chi connectivity index (χ2n) is 7.12. The highest BCUT2D eigenvalue weighted by atomic mass is 16.4. The zero-order valence-corrected chi connectivity index (χ0v) is 11.9. The van der Waals surface area contributed by atoms with Crippen LogP contribution in [0.1, 0.15) is 64.2 Å². The lowest BCUT2D eigenvalue weighted by Gasteiger charge is -2.56. The van der Waals surface area contributed by atoms with E-state index in [-0.39, 0.29) is 5.92 Å². The standard InChI is InChI=1S/C16H27NO2/c18-15(19)13-7-3-1-4-8-14(13)17-11-16(12-17)9-5-2-6-10-16/h13-14H,1-12H2,(H,18,19). The molecule has 0 bridgehead atoms. The first-order valence-corrected chi connectivity index (χ1v) is 8.17. The van der Waals surface area contributed by atoms with E-state index in [2.05, 4.69) is 4.90 Å². The predicted octanol–water partition coefficient (Wildman–Crippen LogP) is 3.29. The highest BCUT2D eigenvalue weighted by Gasteiger charge is 2.48. The van der Waals surface area contributed by atoms with E-state index in [0.29, 0.717) is 11.5 Å². The average molecular weight is 265 g/mol. The molecule has 0 aromatic rings. The van der Waals surface area contributed by atoms with Gasteiger partial charge >= 0.3 is 5.97 Å². The molecule has 3 nitrogen and oxygen atoms in total. The van der Waals surface area contributed by atoms with E-state index in [4.69, 9.17) is 0 Å². The van der Waals surface area contributed by atoms with Crippen LogP contribution in [0.4, 0.5) is 0 Å². The summed E-state index contributed by atoms with van der Waals surface area (Å²) in [6, 6.07) is 0.326. The van der Waals surface area contributed by atoms with Gasteiger partial charge in [-0.15, -0.1) is 0 Å². The number of aliphatic carboxylic acids is 1. The maximum absolute atomic E-state index is 11.5. The number of hydrogen-bond acceptors (Lipinski definition) is 2. The lowest BCUT2D eigenvalue weighted by atomic mass is 9.67. The highest BCUT2D eigenvalue weighted by Crippen LogP contribution is 2.46. The number of hydrogen-bond donors (Lipinski definition) is 1. The van der Waals surface area contributed by atoms with Crippen LogP contribution in [0.25, 0.3) is 0 Å². The molecule has 0 aromatic carbocycles. The van der Waals surface area contributed by atoms with Crippen molar-refractivity contribution < 1.29 is 9.90 Å². The van der Waals surface area contributed by atoms with Gasteiger partial charge < -0.3 is 5.11 Å². The molecular formula is C16H27NO2. The number of carboxylic acid groups (broad SMARTS) is 1. The quantitative estimate of drug-likeness (QED) is 0.779. The van der Waals surface area contributed by atoms with E-state index in [0.717, 1.165) is 19.3 Å². The molecule has 3 rings (SSSR count). The zero-order valence-electron chi connectivity index (χ0n) is 11.9. The minimum Gasteiger partial charge on any atom is -0.481 e. The van der Waals surface area contributed by atoms with E-state index in [1.54, 1.807) is 0 Å². The number of nitrogens with zero attached hydrogens (tertiary/aromatic N) is 1. The smallest absolute Gasteiger partial charge is 0.308 e. The second kappa shape index (κ2) is 5.43. The molecular weight excluding hydrogens is 238 g/mol. The Hall–Kier alpha value is -0.570. The first-order chi connectivity index (χ1) is 9.20. The summed E-state index contributed by atoms with van der Waals surface area (Å²) < 4.78 is 0. The lowest BCUT2D eigenvalue weighted by Crippen LogP contribution is -2.62.